The first-order valence-electron chi connectivity index (χ1n) is 16.3. The van der Waals surface area contributed by atoms with Gasteiger partial charge in [0.05, 0.1) is 18.1 Å². The number of hydrogen-bond donors (Lipinski definition) is 4. The van der Waals surface area contributed by atoms with Crippen LogP contribution in [-0.2, 0) is 20.8 Å². The molecule has 46 heavy (non-hydrogen) atoms. The van der Waals surface area contributed by atoms with Crippen LogP contribution in [0.5, 0.6) is 0 Å². The van der Waals surface area contributed by atoms with Crippen LogP contribution in [0.3, 0.4) is 0 Å². The highest BCUT2D eigenvalue weighted by atomic mass is 16.3. The van der Waals surface area contributed by atoms with Crippen LogP contribution in [0.15, 0.2) is 30.3 Å². The van der Waals surface area contributed by atoms with Crippen molar-refractivity contribution in [3.05, 3.63) is 35.9 Å². The van der Waals surface area contributed by atoms with Crippen LogP contribution in [0.2, 0.25) is 0 Å². The summed E-state index contributed by atoms with van der Waals surface area (Å²) in [7, 11) is 3.68. The maximum absolute atomic E-state index is 13.9. The number of aliphatic hydroxyl groups excluding tert-OH is 2. The second-order valence-electron chi connectivity index (χ2n) is 12.4. The van der Waals surface area contributed by atoms with Gasteiger partial charge >= 0.3 is 0 Å². The Labute approximate surface area is 275 Å². The molecule has 0 bridgehead atoms. The van der Waals surface area contributed by atoms with E-state index in [0.29, 0.717) is 19.5 Å². The largest absolute Gasteiger partial charge is 0.389 e. The number of likely N-dealkylation sites (N-methyl/N-ethyl adjacent to an activating group) is 2. The van der Waals surface area contributed by atoms with E-state index < -0.39 is 47.9 Å². The van der Waals surface area contributed by atoms with Gasteiger partial charge < -0.3 is 30.6 Å². The third kappa shape index (κ3) is 12.5. The van der Waals surface area contributed by atoms with Crippen LogP contribution < -0.4 is 10.6 Å². The molecule has 0 spiro atoms. The Bertz CT molecular complexity index is 1210. The van der Waals surface area contributed by atoms with Crippen LogP contribution in [-0.4, -0.2) is 95.8 Å². The van der Waals surface area contributed by atoms with E-state index >= 15 is 0 Å². The molecule has 1 aromatic rings. The molecule has 5 unspecified atom stereocenters. The van der Waals surface area contributed by atoms with Gasteiger partial charge in [0.2, 0.25) is 17.7 Å². The van der Waals surface area contributed by atoms with E-state index in [9.17, 15) is 24.6 Å². The van der Waals surface area contributed by atoms with Gasteiger partial charge in [0, 0.05) is 33.0 Å². The number of amides is 3. The summed E-state index contributed by atoms with van der Waals surface area (Å²) in [5.41, 5.74) is 0.855. The number of terminal acetylenes is 3. The Morgan fingerprint density at radius 2 is 1.61 bits per heavy atom. The Balaban J connectivity index is 2.31. The minimum atomic E-state index is -1.34. The SMILES string of the molecule is C#CCC(O)C(O)C(CC1CCCCC1)NC(=O)C(NC(=O)C(CC(=O)N(C)CCN(C)CC)Cc1ccccc1)C(C#C)C#C. The molecule has 0 radical (unpaired) electrons. The van der Waals surface area contributed by atoms with E-state index in [1.165, 1.54) is 0 Å². The first-order valence-corrected chi connectivity index (χ1v) is 16.3. The van der Waals surface area contributed by atoms with Crippen molar-refractivity contribution in [2.75, 3.05) is 33.7 Å². The van der Waals surface area contributed by atoms with E-state index in [1.807, 2.05) is 44.3 Å². The van der Waals surface area contributed by atoms with Crippen LogP contribution in [0, 0.1) is 54.8 Å². The lowest BCUT2D eigenvalue weighted by atomic mass is 9.82. The maximum Gasteiger partial charge on any atom is 0.245 e. The van der Waals surface area contributed by atoms with Crippen molar-refractivity contribution < 1.29 is 24.6 Å². The highest BCUT2D eigenvalue weighted by Gasteiger charge is 2.36. The molecule has 1 saturated carbocycles. The summed E-state index contributed by atoms with van der Waals surface area (Å²) in [4.78, 5) is 44.7. The smallest absolute Gasteiger partial charge is 0.245 e. The van der Waals surface area contributed by atoms with Gasteiger partial charge in [0.15, 0.2) is 0 Å². The second kappa shape index (κ2) is 20.3. The molecule has 1 aliphatic carbocycles. The zero-order chi connectivity index (χ0) is 34.1. The number of hydrogen-bond acceptors (Lipinski definition) is 6. The van der Waals surface area contributed by atoms with Gasteiger partial charge in [-0.2, -0.15) is 0 Å². The Kier molecular flexibility index (Phi) is 17.0. The Hall–Kier alpha value is -3.81. The molecule has 4 N–H and O–H groups in total. The normalized spacial score (nSPS) is 16.6. The molecule has 0 aromatic heterocycles. The minimum absolute atomic E-state index is 0.0838. The van der Waals surface area contributed by atoms with Crippen LogP contribution >= 0.6 is 0 Å². The molecule has 9 heteroatoms. The second-order valence-corrected chi connectivity index (χ2v) is 12.4. The number of rotatable bonds is 18. The molecule has 1 aromatic carbocycles. The average molecular weight is 633 g/mol. The molecule has 2 rings (SSSR count). The third-order valence-electron chi connectivity index (χ3n) is 8.95. The van der Waals surface area contributed by atoms with E-state index in [1.54, 1.807) is 11.9 Å². The number of nitrogens with zero attached hydrogens (tertiary/aromatic N) is 2. The van der Waals surface area contributed by atoms with Crippen molar-refractivity contribution in [1.29, 1.82) is 0 Å². The Morgan fingerprint density at radius 1 is 0.957 bits per heavy atom. The van der Waals surface area contributed by atoms with E-state index in [4.69, 9.17) is 19.3 Å². The molecular formula is C37H52N4O5. The lowest BCUT2D eigenvalue weighted by Gasteiger charge is -2.33. The van der Waals surface area contributed by atoms with Gasteiger partial charge in [0.25, 0.3) is 0 Å². The van der Waals surface area contributed by atoms with Crippen LogP contribution in [0.25, 0.3) is 0 Å². The van der Waals surface area contributed by atoms with Crippen molar-refractivity contribution in [2.24, 2.45) is 17.8 Å². The van der Waals surface area contributed by atoms with Gasteiger partial charge in [-0.05, 0) is 37.9 Å². The van der Waals surface area contributed by atoms with Gasteiger partial charge in [-0.15, -0.1) is 25.2 Å². The monoisotopic (exact) mass is 632 g/mol. The molecule has 250 valence electrons. The standard InChI is InChI=1S/C37H52N4O5/c1-7-17-32(42)35(44)31(25-28-20-15-12-16-21-28)38-37(46)34(29(8-2)9-3)39-36(45)30(24-27-18-13-11-14-19-27)26-33(43)41(6)23-22-40(5)10-4/h1-3,11,13-14,18-19,28-32,34-35,42,44H,10,12,15-17,20-26H2,4-6H3,(H,38,46)(H,39,45). The molecule has 0 saturated heterocycles. The fraction of sp³-hybridized carbons (Fsp3) is 0.595. The molecule has 5 atom stereocenters. The topological polar surface area (TPSA) is 122 Å². The quantitative estimate of drug-likeness (QED) is 0.184. The highest BCUT2D eigenvalue weighted by molar-refractivity contribution is 5.91. The van der Waals surface area contributed by atoms with E-state index in [2.05, 4.69) is 33.3 Å². The summed E-state index contributed by atoms with van der Waals surface area (Å²) in [6.45, 7) is 4.07. The van der Waals surface area contributed by atoms with Gasteiger partial charge in [-0.25, -0.2) is 0 Å². The lowest BCUT2D eigenvalue weighted by Crippen LogP contribution is -2.57. The fourth-order valence-electron chi connectivity index (χ4n) is 5.79. The number of aliphatic hydroxyl groups is 2. The van der Waals surface area contributed by atoms with Gasteiger partial charge in [-0.3, -0.25) is 14.4 Å². The molecule has 1 aliphatic rings. The zero-order valence-corrected chi connectivity index (χ0v) is 27.7. The molecule has 0 heterocycles. The fourth-order valence-corrected chi connectivity index (χ4v) is 5.79. The average Bonchev–Trinajstić information content (AvgIpc) is 3.06. The van der Waals surface area contributed by atoms with Gasteiger partial charge in [-0.1, -0.05) is 81.2 Å². The van der Waals surface area contributed by atoms with Gasteiger partial charge in [0.1, 0.15) is 18.1 Å². The molecular weight excluding hydrogens is 580 g/mol. The molecule has 0 aliphatic heterocycles. The van der Waals surface area contributed by atoms with Crippen molar-refractivity contribution in [3.63, 3.8) is 0 Å². The molecule has 9 nitrogen and oxygen atoms in total. The third-order valence-corrected chi connectivity index (χ3v) is 8.95. The summed E-state index contributed by atoms with van der Waals surface area (Å²) in [5, 5.41) is 27.1. The van der Waals surface area contributed by atoms with E-state index in [-0.39, 0.29) is 31.1 Å². The summed E-state index contributed by atoms with van der Waals surface area (Å²) in [5.74, 6) is 4.09. The molecule has 1 fully saturated rings. The minimum Gasteiger partial charge on any atom is -0.389 e. The van der Waals surface area contributed by atoms with Crippen LogP contribution in [0.1, 0.15) is 63.9 Å². The number of nitrogens with one attached hydrogen (secondary N) is 2. The molecule has 3 amide bonds. The predicted octanol–water partition coefficient (Wildman–Crippen LogP) is 2.21. The van der Waals surface area contributed by atoms with Crippen LogP contribution in [0.4, 0.5) is 0 Å². The Morgan fingerprint density at radius 3 is 2.20 bits per heavy atom. The van der Waals surface area contributed by atoms with Crippen molar-refractivity contribution in [1.82, 2.24) is 20.4 Å². The van der Waals surface area contributed by atoms with Crippen molar-refractivity contribution >= 4 is 17.7 Å². The van der Waals surface area contributed by atoms with Crippen molar-refractivity contribution in [3.8, 4) is 37.0 Å². The van der Waals surface area contributed by atoms with E-state index in [0.717, 1.165) is 44.2 Å². The zero-order valence-electron chi connectivity index (χ0n) is 27.7. The maximum atomic E-state index is 13.9. The van der Waals surface area contributed by atoms with Crippen molar-refractivity contribution in [2.45, 2.75) is 89.0 Å². The first kappa shape index (κ1) is 38.4. The summed E-state index contributed by atoms with van der Waals surface area (Å²) in [6, 6.07) is 7.15. The summed E-state index contributed by atoms with van der Waals surface area (Å²) in [6.07, 6.45) is 19.9. The first-order chi connectivity index (χ1) is 22.0. The predicted molar refractivity (Wildman–Crippen MR) is 181 cm³/mol. The summed E-state index contributed by atoms with van der Waals surface area (Å²) < 4.78 is 0. The number of carbonyl (C=O) groups is 3. The summed E-state index contributed by atoms with van der Waals surface area (Å²) >= 11 is 0. The number of benzene rings is 1. The highest BCUT2D eigenvalue weighted by Crippen LogP contribution is 2.29. The number of carbonyl (C=O) groups excluding carboxylic acids is 3. The lowest BCUT2D eigenvalue weighted by molar-refractivity contribution is -0.137.